The first-order valence-electron chi connectivity index (χ1n) is 12.5. The summed E-state index contributed by atoms with van der Waals surface area (Å²) in [6.45, 7) is 13.9. The fourth-order valence-electron chi connectivity index (χ4n) is 5.56. The van der Waals surface area contributed by atoms with E-state index in [1.165, 1.54) is 59.8 Å². The number of aromatic amines is 1. The number of fused-ring (bicyclic) bond motifs is 2. The van der Waals surface area contributed by atoms with E-state index in [0.717, 1.165) is 19.7 Å². The van der Waals surface area contributed by atoms with Gasteiger partial charge in [-0.25, -0.2) is 4.99 Å². The number of hydrogen-bond acceptors (Lipinski definition) is 6. The van der Waals surface area contributed by atoms with Crippen molar-refractivity contribution in [3.05, 3.63) is 64.0 Å². The van der Waals surface area contributed by atoms with Gasteiger partial charge in [0.1, 0.15) is 11.2 Å². The van der Waals surface area contributed by atoms with E-state index in [1.54, 1.807) is 6.34 Å². The number of nitrogens with zero attached hydrogens (tertiary/aromatic N) is 2. The van der Waals surface area contributed by atoms with Gasteiger partial charge in [0.05, 0.1) is 18.4 Å². The molecular weight excluding hydrogens is 454 g/mol. The molecule has 6 rings (SSSR count). The summed E-state index contributed by atoms with van der Waals surface area (Å²) in [5, 5.41) is 6.89. The minimum atomic E-state index is 0.0587. The van der Waals surface area contributed by atoms with Crippen LogP contribution in [0.4, 0.5) is 0 Å². The van der Waals surface area contributed by atoms with Crippen molar-refractivity contribution in [2.45, 2.75) is 52.8 Å². The Morgan fingerprint density at radius 2 is 1.94 bits per heavy atom. The molecule has 1 aromatic carbocycles. The zero-order valence-corrected chi connectivity index (χ0v) is 21.8. The summed E-state index contributed by atoms with van der Waals surface area (Å²) >= 11 is 1.86. The van der Waals surface area contributed by atoms with E-state index in [-0.39, 0.29) is 12.3 Å². The van der Waals surface area contributed by atoms with Crippen LogP contribution < -0.4 is 10.7 Å². The van der Waals surface area contributed by atoms with E-state index < -0.39 is 0 Å². The highest BCUT2D eigenvalue weighted by Crippen LogP contribution is 2.46. The summed E-state index contributed by atoms with van der Waals surface area (Å²) in [5.74, 6) is 0.396. The Morgan fingerprint density at radius 3 is 2.66 bits per heavy atom. The number of thiophene rings is 1. The average molecular weight is 488 g/mol. The molecule has 2 atom stereocenters. The van der Waals surface area contributed by atoms with Gasteiger partial charge in [-0.1, -0.05) is 38.1 Å². The third-order valence-corrected chi connectivity index (χ3v) is 8.84. The summed E-state index contributed by atoms with van der Waals surface area (Å²) < 4.78 is 5.93. The third kappa shape index (κ3) is 3.64. The van der Waals surface area contributed by atoms with Crippen LogP contribution in [0.15, 0.2) is 46.6 Å². The molecule has 0 amide bonds. The number of aromatic nitrogens is 1. The summed E-state index contributed by atoms with van der Waals surface area (Å²) in [5.41, 5.74) is 13.6. The van der Waals surface area contributed by atoms with Crippen LogP contribution in [-0.2, 0) is 4.74 Å². The van der Waals surface area contributed by atoms with E-state index in [1.807, 2.05) is 11.3 Å². The van der Waals surface area contributed by atoms with Crippen LogP contribution in [-0.4, -0.2) is 42.2 Å². The Morgan fingerprint density at radius 1 is 1.14 bits per heavy atom. The quantitative estimate of drug-likeness (QED) is 0.432. The second kappa shape index (κ2) is 8.66. The molecular formula is C28H33N5OS. The maximum Gasteiger partial charge on any atom is 0.162 e. The molecule has 0 bridgehead atoms. The third-order valence-electron chi connectivity index (χ3n) is 7.58. The standard InChI is InChI=1S/C28H33N5OS/c1-15(2)23-24-18(5)26(20-8-6-19(7-9-20)22-12-29-10-11-34-22)35-28(24)32-25(23)21-13-33-27(30-14-31-33)17(4)16(21)3/h6-9,13-15,22,27,29,32H,10-12H2,1-5H3,(H,30,31). The number of aryl methyl sites for hydroxylation is 1. The molecule has 0 aliphatic carbocycles. The largest absolute Gasteiger partial charge is 0.371 e. The molecule has 3 aliphatic heterocycles. The number of benzene rings is 1. The van der Waals surface area contributed by atoms with Gasteiger partial charge in [0.15, 0.2) is 6.17 Å². The molecule has 2 unspecified atom stereocenters. The van der Waals surface area contributed by atoms with Gasteiger partial charge in [0.25, 0.3) is 0 Å². The molecule has 3 N–H and O–H groups in total. The summed E-state index contributed by atoms with van der Waals surface area (Å²) in [6.07, 6.45) is 4.20. The lowest BCUT2D eigenvalue weighted by atomic mass is 9.89. The maximum absolute atomic E-state index is 5.93. The van der Waals surface area contributed by atoms with Crippen LogP contribution in [0.2, 0.25) is 0 Å². The highest BCUT2D eigenvalue weighted by atomic mass is 32.1. The number of aliphatic imine (C=N–C) groups is 1. The van der Waals surface area contributed by atoms with Crippen molar-refractivity contribution >= 4 is 33.5 Å². The number of rotatable bonds is 4. The van der Waals surface area contributed by atoms with Crippen molar-refractivity contribution in [3.63, 3.8) is 0 Å². The number of hydrogen-bond donors (Lipinski definition) is 3. The van der Waals surface area contributed by atoms with E-state index in [9.17, 15) is 0 Å². The van der Waals surface area contributed by atoms with Gasteiger partial charge in [0, 0.05) is 35.1 Å². The first kappa shape index (κ1) is 22.6. The highest BCUT2D eigenvalue weighted by Gasteiger charge is 2.31. The van der Waals surface area contributed by atoms with E-state index >= 15 is 0 Å². The number of nitrogens with one attached hydrogen (secondary N) is 3. The Labute approximate surface area is 210 Å². The molecule has 182 valence electrons. The zero-order chi connectivity index (χ0) is 24.3. The lowest BCUT2D eigenvalue weighted by Gasteiger charge is -2.30. The topological polar surface area (TPSA) is 64.7 Å². The maximum atomic E-state index is 5.93. The highest BCUT2D eigenvalue weighted by molar-refractivity contribution is 7.22. The number of morpholine rings is 1. The van der Waals surface area contributed by atoms with Crippen LogP contribution in [0.25, 0.3) is 26.2 Å². The van der Waals surface area contributed by atoms with Crippen molar-refractivity contribution < 1.29 is 4.74 Å². The molecule has 6 nitrogen and oxygen atoms in total. The molecule has 3 aromatic rings. The lowest BCUT2D eigenvalue weighted by molar-refractivity contribution is 0.0277. The van der Waals surface area contributed by atoms with Gasteiger partial charge in [0.2, 0.25) is 0 Å². The smallest absolute Gasteiger partial charge is 0.162 e. The van der Waals surface area contributed by atoms with E-state index in [2.05, 4.69) is 90.8 Å². The molecule has 1 fully saturated rings. The van der Waals surface area contributed by atoms with Crippen molar-refractivity contribution in [1.29, 1.82) is 0 Å². The predicted molar refractivity (Wildman–Crippen MR) is 146 cm³/mol. The molecule has 2 aromatic heterocycles. The van der Waals surface area contributed by atoms with Crippen molar-refractivity contribution in [3.8, 4) is 10.4 Å². The molecule has 3 aliphatic rings. The van der Waals surface area contributed by atoms with Gasteiger partial charge in [-0.3, -0.25) is 10.4 Å². The fraction of sp³-hybridized carbons (Fsp3) is 0.393. The summed E-state index contributed by atoms with van der Waals surface area (Å²) in [4.78, 5) is 11.0. The fourth-order valence-corrected chi connectivity index (χ4v) is 6.79. The predicted octanol–water partition coefficient (Wildman–Crippen LogP) is 5.85. The summed E-state index contributed by atoms with van der Waals surface area (Å²) in [6, 6.07) is 8.95. The van der Waals surface area contributed by atoms with E-state index in [4.69, 9.17) is 4.74 Å². The van der Waals surface area contributed by atoms with Crippen LogP contribution in [0, 0.1) is 6.92 Å². The first-order valence-corrected chi connectivity index (χ1v) is 13.3. The monoisotopic (exact) mass is 487 g/mol. The average Bonchev–Trinajstić information content (AvgIpc) is 3.57. The van der Waals surface area contributed by atoms with Crippen LogP contribution in [0.5, 0.6) is 0 Å². The summed E-state index contributed by atoms with van der Waals surface area (Å²) in [7, 11) is 0. The van der Waals surface area contributed by atoms with Crippen LogP contribution in [0.3, 0.4) is 0 Å². The Kier molecular flexibility index (Phi) is 5.59. The van der Waals surface area contributed by atoms with Crippen molar-refractivity contribution in [2.75, 3.05) is 19.7 Å². The Balaban J connectivity index is 1.41. The zero-order valence-electron chi connectivity index (χ0n) is 21.0. The van der Waals surface area contributed by atoms with Crippen molar-refractivity contribution in [1.82, 2.24) is 20.7 Å². The Hall–Kier alpha value is -2.87. The second-order valence-corrected chi connectivity index (χ2v) is 11.1. The van der Waals surface area contributed by atoms with Gasteiger partial charge in [-0.2, -0.15) is 0 Å². The number of ether oxygens (including phenoxy) is 1. The van der Waals surface area contributed by atoms with Crippen LogP contribution >= 0.6 is 11.3 Å². The number of hydrazine groups is 1. The Bertz CT molecular complexity index is 1370. The molecule has 5 heterocycles. The first-order chi connectivity index (χ1) is 16.9. The minimum absolute atomic E-state index is 0.0587. The molecule has 0 saturated carbocycles. The van der Waals surface area contributed by atoms with Crippen molar-refractivity contribution in [2.24, 2.45) is 4.99 Å². The molecule has 7 heteroatoms. The molecule has 0 radical (unpaired) electrons. The van der Waals surface area contributed by atoms with Gasteiger partial charge < -0.3 is 15.0 Å². The van der Waals surface area contributed by atoms with E-state index in [0.29, 0.717) is 5.92 Å². The van der Waals surface area contributed by atoms with Gasteiger partial charge in [-0.15, -0.1) is 11.3 Å². The SMILES string of the molecule is CC1=C(C)C2N=CNN2C=C1c1[nH]c2sc(-c3ccc(C4CNCCO4)cc3)c(C)c2c1C(C)C. The molecule has 1 saturated heterocycles. The number of allylic oxidation sites excluding steroid dienone is 2. The second-order valence-electron chi connectivity index (χ2n) is 10.1. The van der Waals surface area contributed by atoms with Gasteiger partial charge in [-0.05, 0) is 60.1 Å². The lowest BCUT2D eigenvalue weighted by Crippen LogP contribution is -2.37. The number of H-pyrrole nitrogens is 1. The normalized spacial score (nSPS) is 22.2. The minimum Gasteiger partial charge on any atom is -0.371 e. The van der Waals surface area contributed by atoms with Gasteiger partial charge >= 0.3 is 0 Å². The molecule has 0 spiro atoms. The van der Waals surface area contributed by atoms with Crippen LogP contribution in [0.1, 0.15) is 62.1 Å². The molecule has 35 heavy (non-hydrogen) atoms.